The fraction of sp³-hybridized carbons (Fsp3) is 0.500. The summed E-state index contributed by atoms with van der Waals surface area (Å²) in [6.07, 6.45) is 1.20. The van der Waals surface area contributed by atoms with Crippen LogP contribution in [0.15, 0.2) is 12.1 Å². The normalized spacial score (nSPS) is 13.7. The molecule has 0 aliphatic heterocycles. The first-order valence-electron chi connectivity index (χ1n) is 5.36. The zero-order valence-electron chi connectivity index (χ0n) is 10.5. The summed E-state index contributed by atoms with van der Waals surface area (Å²) < 4.78 is 35.9. The summed E-state index contributed by atoms with van der Waals surface area (Å²) in [5, 5.41) is 2.97. The molecule has 0 saturated carbocycles. The number of nitrogens with one attached hydrogen (secondary N) is 1. The van der Waals surface area contributed by atoms with Gasteiger partial charge in [-0.2, -0.15) is 0 Å². The van der Waals surface area contributed by atoms with Crippen LogP contribution in [-0.4, -0.2) is 27.5 Å². The van der Waals surface area contributed by atoms with Gasteiger partial charge in [0.15, 0.2) is 0 Å². The third kappa shape index (κ3) is 3.78. The molecular formula is C12H18FNO2S. The van der Waals surface area contributed by atoms with Crippen molar-refractivity contribution >= 4 is 9.84 Å². The van der Waals surface area contributed by atoms with E-state index < -0.39 is 9.84 Å². The number of hydrogen-bond acceptors (Lipinski definition) is 3. The Morgan fingerprint density at radius 1 is 1.29 bits per heavy atom. The number of halogens is 1. The molecule has 1 atom stereocenters. The van der Waals surface area contributed by atoms with Gasteiger partial charge in [-0.25, -0.2) is 12.8 Å². The molecule has 96 valence electrons. The molecule has 0 aliphatic carbocycles. The average Bonchev–Trinajstić information content (AvgIpc) is 2.12. The van der Waals surface area contributed by atoms with Gasteiger partial charge in [-0.05, 0) is 49.7 Å². The minimum absolute atomic E-state index is 0.0107. The Kier molecular flexibility index (Phi) is 4.27. The Labute approximate surface area is 102 Å². The molecule has 1 N–H and O–H groups in total. The van der Waals surface area contributed by atoms with Crippen molar-refractivity contribution in [3.63, 3.8) is 0 Å². The summed E-state index contributed by atoms with van der Waals surface area (Å²) in [7, 11) is -1.38. The standard InChI is InChI=1S/C12H18FNO2S/c1-8-5-10(13)6-9(2)12(8)11(14-3)7-17(4,15)16/h5-6,11,14H,7H2,1-4H3. The molecule has 1 rings (SSSR count). The van der Waals surface area contributed by atoms with E-state index in [1.165, 1.54) is 18.4 Å². The molecular weight excluding hydrogens is 241 g/mol. The van der Waals surface area contributed by atoms with E-state index in [0.29, 0.717) is 0 Å². The number of benzene rings is 1. The highest BCUT2D eigenvalue weighted by Crippen LogP contribution is 2.24. The third-order valence-corrected chi connectivity index (χ3v) is 3.66. The van der Waals surface area contributed by atoms with Crippen LogP contribution < -0.4 is 5.32 Å². The van der Waals surface area contributed by atoms with Gasteiger partial charge in [-0.1, -0.05) is 0 Å². The number of aryl methyl sites for hydroxylation is 2. The van der Waals surface area contributed by atoms with E-state index in [1.54, 1.807) is 20.9 Å². The average molecular weight is 259 g/mol. The molecule has 0 aromatic heterocycles. The summed E-state index contributed by atoms with van der Waals surface area (Å²) in [6.45, 7) is 3.58. The minimum atomic E-state index is -3.08. The number of rotatable bonds is 4. The van der Waals surface area contributed by atoms with Crippen LogP contribution in [0.3, 0.4) is 0 Å². The van der Waals surface area contributed by atoms with Crippen LogP contribution in [-0.2, 0) is 9.84 Å². The van der Waals surface area contributed by atoms with Gasteiger partial charge in [-0.15, -0.1) is 0 Å². The van der Waals surface area contributed by atoms with Crippen molar-refractivity contribution in [3.8, 4) is 0 Å². The first-order chi connectivity index (χ1) is 7.74. The molecule has 1 aromatic rings. The summed E-state index contributed by atoms with van der Waals surface area (Å²) in [6, 6.07) is 2.55. The van der Waals surface area contributed by atoms with Crippen molar-refractivity contribution in [2.75, 3.05) is 19.1 Å². The summed E-state index contributed by atoms with van der Waals surface area (Å²) in [4.78, 5) is 0. The van der Waals surface area contributed by atoms with E-state index in [1.807, 2.05) is 0 Å². The Balaban J connectivity index is 3.21. The van der Waals surface area contributed by atoms with Crippen LogP contribution in [0, 0.1) is 19.7 Å². The topological polar surface area (TPSA) is 46.2 Å². The molecule has 0 spiro atoms. The van der Waals surface area contributed by atoms with Crippen molar-refractivity contribution in [1.82, 2.24) is 5.32 Å². The van der Waals surface area contributed by atoms with E-state index in [0.717, 1.165) is 16.7 Å². The molecule has 5 heteroatoms. The lowest BCUT2D eigenvalue weighted by Crippen LogP contribution is -2.26. The van der Waals surface area contributed by atoms with Crippen LogP contribution in [0.2, 0.25) is 0 Å². The maximum atomic E-state index is 13.2. The fourth-order valence-electron chi connectivity index (χ4n) is 2.09. The van der Waals surface area contributed by atoms with Gasteiger partial charge in [0.2, 0.25) is 0 Å². The van der Waals surface area contributed by atoms with Gasteiger partial charge in [0.05, 0.1) is 5.75 Å². The summed E-state index contributed by atoms with van der Waals surface area (Å²) in [5.41, 5.74) is 2.40. The SMILES string of the molecule is CNC(CS(C)(=O)=O)c1c(C)cc(F)cc1C. The summed E-state index contributed by atoms with van der Waals surface area (Å²) >= 11 is 0. The van der Waals surface area contributed by atoms with Crippen molar-refractivity contribution in [1.29, 1.82) is 0 Å². The molecule has 17 heavy (non-hydrogen) atoms. The van der Waals surface area contributed by atoms with E-state index in [4.69, 9.17) is 0 Å². The first kappa shape index (κ1) is 14.1. The second-order valence-electron chi connectivity index (χ2n) is 4.39. The van der Waals surface area contributed by atoms with Gasteiger partial charge in [0.1, 0.15) is 15.7 Å². The second kappa shape index (κ2) is 5.14. The second-order valence-corrected chi connectivity index (χ2v) is 6.57. The number of sulfone groups is 1. The predicted octanol–water partition coefficient (Wildman–Crippen LogP) is 1.75. The number of hydrogen-bond donors (Lipinski definition) is 1. The Bertz CT molecular complexity index is 488. The molecule has 3 nitrogen and oxygen atoms in total. The maximum Gasteiger partial charge on any atom is 0.149 e. The quantitative estimate of drug-likeness (QED) is 0.896. The third-order valence-electron chi connectivity index (χ3n) is 2.72. The molecule has 0 bridgehead atoms. The molecule has 1 aromatic carbocycles. The van der Waals surface area contributed by atoms with Crippen molar-refractivity contribution in [2.45, 2.75) is 19.9 Å². The minimum Gasteiger partial charge on any atom is -0.312 e. The van der Waals surface area contributed by atoms with Crippen LogP contribution >= 0.6 is 0 Å². The molecule has 0 heterocycles. The molecule has 0 fully saturated rings. The molecule has 0 radical (unpaired) electrons. The first-order valence-corrected chi connectivity index (χ1v) is 7.42. The monoisotopic (exact) mass is 259 g/mol. The lowest BCUT2D eigenvalue weighted by molar-refractivity contribution is 0.576. The largest absolute Gasteiger partial charge is 0.312 e. The van der Waals surface area contributed by atoms with E-state index in [-0.39, 0.29) is 17.6 Å². The smallest absolute Gasteiger partial charge is 0.149 e. The van der Waals surface area contributed by atoms with E-state index in [2.05, 4.69) is 5.32 Å². The zero-order valence-corrected chi connectivity index (χ0v) is 11.4. The Morgan fingerprint density at radius 2 is 1.76 bits per heavy atom. The molecule has 0 aliphatic rings. The van der Waals surface area contributed by atoms with Gasteiger partial charge in [-0.3, -0.25) is 0 Å². The lowest BCUT2D eigenvalue weighted by atomic mass is 9.97. The molecule has 1 unspecified atom stereocenters. The van der Waals surface area contributed by atoms with Gasteiger partial charge < -0.3 is 5.32 Å². The highest BCUT2D eigenvalue weighted by atomic mass is 32.2. The van der Waals surface area contributed by atoms with Crippen LogP contribution in [0.25, 0.3) is 0 Å². The van der Waals surface area contributed by atoms with Crippen LogP contribution in [0.1, 0.15) is 22.7 Å². The predicted molar refractivity (Wildman–Crippen MR) is 67.4 cm³/mol. The molecule has 0 amide bonds. The van der Waals surface area contributed by atoms with Gasteiger partial charge >= 0.3 is 0 Å². The van der Waals surface area contributed by atoms with E-state index >= 15 is 0 Å². The highest BCUT2D eigenvalue weighted by Gasteiger charge is 2.19. The summed E-state index contributed by atoms with van der Waals surface area (Å²) in [5.74, 6) is -0.283. The van der Waals surface area contributed by atoms with Crippen molar-refractivity contribution in [2.24, 2.45) is 0 Å². The fourth-order valence-corrected chi connectivity index (χ4v) is 3.02. The van der Waals surface area contributed by atoms with E-state index in [9.17, 15) is 12.8 Å². The van der Waals surface area contributed by atoms with Crippen molar-refractivity contribution in [3.05, 3.63) is 34.6 Å². The Hall–Kier alpha value is -0.940. The lowest BCUT2D eigenvalue weighted by Gasteiger charge is -2.20. The molecule has 0 saturated heterocycles. The van der Waals surface area contributed by atoms with Gasteiger partial charge in [0, 0.05) is 12.3 Å². The highest BCUT2D eigenvalue weighted by molar-refractivity contribution is 7.90. The Morgan fingerprint density at radius 3 is 2.12 bits per heavy atom. The zero-order chi connectivity index (χ0) is 13.2. The van der Waals surface area contributed by atoms with Crippen molar-refractivity contribution < 1.29 is 12.8 Å². The van der Waals surface area contributed by atoms with Crippen LogP contribution in [0.4, 0.5) is 4.39 Å². The van der Waals surface area contributed by atoms with Crippen LogP contribution in [0.5, 0.6) is 0 Å². The maximum absolute atomic E-state index is 13.2. The van der Waals surface area contributed by atoms with Gasteiger partial charge in [0.25, 0.3) is 0 Å².